The van der Waals surface area contributed by atoms with Crippen LogP contribution in [0.2, 0.25) is 0 Å². The Bertz CT molecular complexity index is 1400. The van der Waals surface area contributed by atoms with Gasteiger partial charge in [-0.3, -0.25) is 10.1 Å². The van der Waals surface area contributed by atoms with E-state index in [1.165, 1.54) is 11.1 Å². The molecule has 0 amide bonds. The highest BCUT2D eigenvalue weighted by Gasteiger charge is 2.34. The molecular weight excluding hydrogens is 440 g/mol. The van der Waals surface area contributed by atoms with Crippen molar-refractivity contribution in [3.05, 3.63) is 59.4 Å². The Morgan fingerprint density at radius 1 is 1.00 bits per heavy atom. The lowest BCUT2D eigenvalue weighted by atomic mass is 9.94. The minimum Gasteiger partial charge on any atom is -0.473 e. The topological polar surface area (TPSA) is 109 Å². The average molecular weight is 469 g/mol. The van der Waals surface area contributed by atoms with Crippen molar-refractivity contribution in [3.63, 3.8) is 0 Å². The molecule has 9 nitrogen and oxygen atoms in total. The van der Waals surface area contributed by atoms with Gasteiger partial charge in [-0.15, -0.1) is 0 Å². The van der Waals surface area contributed by atoms with Gasteiger partial charge in [0.05, 0.1) is 17.4 Å². The third-order valence-electron chi connectivity index (χ3n) is 7.49. The van der Waals surface area contributed by atoms with Gasteiger partial charge in [0, 0.05) is 25.3 Å². The molecule has 0 unspecified atom stereocenters. The van der Waals surface area contributed by atoms with Crippen molar-refractivity contribution in [3.8, 4) is 5.88 Å². The summed E-state index contributed by atoms with van der Waals surface area (Å²) in [4.78, 5) is 19.0. The Kier molecular flexibility index (Phi) is 4.83. The van der Waals surface area contributed by atoms with E-state index in [1.54, 1.807) is 0 Å². The Morgan fingerprint density at radius 3 is 2.89 bits per heavy atom. The molecule has 35 heavy (non-hydrogen) atoms. The van der Waals surface area contributed by atoms with Crippen LogP contribution in [0.25, 0.3) is 11.2 Å². The lowest BCUT2D eigenvalue weighted by molar-refractivity contribution is 0.238. The highest BCUT2D eigenvalue weighted by Crippen LogP contribution is 2.39. The van der Waals surface area contributed by atoms with Crippen LogP contribution in [0.1, 0.15) is 42.1 Å². The minimum atomic E-state index is -0.0369. The average Bonchev–Trinajstić information content (AvgIpc) is 3.33. The van der Waals surface area contributed by atoms with E-state index in [9.17, 15) is 0 Å². The summed E-state index contributed by atoms with van der Waals surface area (Å²) in [5, 5.41) is 7.77. The molecule has 0 aliphatic carbocycles. The van der Waals surface area contributed by atoms with Crippen LogP contribution in [0.3, 0.4) is 0 Å². The number of anilines is 3. The van der Waals surface area contributed by atoms with Crippen molar-refractivity contribution >= 4 is 28.5 Å². The second-order valence-electron chi connectivity index (χ2n) is 9.62. The maximum absolute atomic E-state index is 6.68. The zero-order chi connectivity index (χ0) is 23.4. The van der Waals surface area contributed by atoms with Crippen LogP contribution in [0.5, 0.6) is 5.88 Å². The van der Waals surface area contributed by atoms with E-state index in [2.05, 4.69) is 55.3 Å². The number of hydrogen-bond donors (Lipinski definition) is 2. The van der Waals surface area contributed by atoms with Gasteiger partial charge in [0.15, 0.2) is 22.8 Å². The molecule has 3 N–H and O–H groups in total. The number of rotatable bonds is 1. The number of nitrogens with two attached hydrogens (primary N) is 1. The molecular formula is C26H28N8O. The number of hydrogen-bond acceptors (Lipinski definition) is 8. The fourth-order valence-corrected chi connectivity index (χ4v) is 5.79. The van der Waals surface area contributed by atoms with E-state index in [-0.39, 0.29) is 12.1 Å². The van der Waals surface area contributed by atoms with Crippen LogP contribution in [-0.4, -0.2) is 50.9 Å². The van der Waals surface area contributed by atoms with Crippen LogP contribution in [-0.2, 0) is 12.8 Å². The summed E-state index contributed by atoms with van der Waals surface area (Å²) in [6, 6.07) is 12.7. The Hall–Kier alpha value is -3.72. The van der Waals surface area contributed by atoms with Gasteiger partial charge in [-0.05, 0) is 55.4 Å². The minimum absolute atomic E-state index is 0.0369. The van der Waals surface area contributed by atoms with E-state index in [0.29, 0.717) is 18.1 Å². The van der Waals surface area contributed by atoms with Crippen molar-refractivity contribution in [2.75, 3.05) is 29.5 Å². The number of nitrogens with one attached hydrogen (secondary N) is 1. The quantitative estimate of drug-likeness (QED) is 0.437. The largest absolute Gasteiger partial charge is 0.473 e. The van der Waals surface area contributed by atoms with Crippen molar-refractivity contribution < 1.29 is 4.74 Å². The number of pyridine rings is 1. The molecule has 3 aliphatic rings. The van der Waals surface area contributed by atoms with Crippen LogP contribution in [0.4, 0.5) is 17.3 Å². The maximum Gasteiger partial charge on any atom is 0.258 e. The summed E-state index contributed by atoms with van der Waals surface area (Å²) in [5.74, 6) is 2.13. The van der Waals surface area contributed by atoms with E-state index in [0.717, 1.165) is 73.7 Å². The monoisotopic (exact) mass is 468 g/mol. The van der Waals surface area contributed by atoms with Gasteiger partial charge in [0.2, 0.25) is 0 Å². The Morgan fingerprint density at radius 2 is 1.91 bits per heavy atom. The molecule has 0 fully saturated rings. The highest BCUT2D eigenvalue weighted by molar-refractivity contribution is 5.88. The number of nitrogens with zero attached hydrogens (tertiary/aromatic N) is 6. The van der Waals surface area contributed by atoms with Crippen LogP contribution in [0, 0.1) is 0 Å². The van der Waals surface area contributed by atoms with Gasteiger partial charge in [0.1, 0.15) is 6.61 Å². The number of aromatic amines is 1. The van der Waals surface area contributed by atoms with Crippen molar-refractivity contribution in [1.82, 2.24) is 25.1 Å². The molecule has 6 heterocycles. The molecule has 1 aromatic carbocycles. The highest BCUT2D eigenvalue weighted by atomic mass is 16.5. The molecule has 0 radical (unpaired) electrons. The van der Waals surface area contributed by atoms with Crippen molar-refractivity contribution in [2.45, 2.75) is 44.2 Å². The molecule has 3 aliphatic heterocycles. The molecule has 0 bridgehead atoms. The predicted octanol–water partition coefficient (Wildman–Crippen LogP) is 3.44. The first-order chi connectivity index (χ1) is 17.3. The zero-order valence-corrected chi connectivity index (χ0v) is 19.5. The van der Waals surface area contributed by atoms with Crippen LogP contribution in [0.15, 0.2) is 42.6 Å². The van der Waals surface area contributed by atoms with Gasteiger partial charge in [-0.25, -0.2) is 9.97 Å². The molecule has 178 valence electrons. The summed E-state index contributed by atoms with van der Waals surface area (Å²) in [5.41, 5.74) is 12.9. The molecule has 3 aromatic heterocycles. The maximum atomic E-state index is 6.68. The van der Waals surface area contributed by atoms with Crippen molar-refractivity contribution in [2.24, 2.45) is 5.73 Å². The molecule has 0 saturated heterocycles. The van der Waals surface area contributed by atoms with E-state index < -0.39 is 0 Å². The summed E-state index contributed by atoms with van der Waals surface area (Å²) in [6.07, 6.45) is 6.66. The number of benzene rings is 1. The number of H-pyrrole nitrogens is 1. The number of aryl methyl sites for hydroxylation is 2. The first-order valence-corrected chi connectivity index (χ1v) is 12.5. The third-order valence-corrected chi connectivity index (χ3v) is 7.49. The summed E-state index contributed by atoms with van der Waals surface area (Å²) in [6.45, 7) is 2.30. The first-order valence-electron chi connectivity index (χ1n) is 12.5. The fourth-order valence-electron chi connectivity index (χ4n) is 5.79. The fraction of sp³-hybridized carbons (Fsp3) is 0.385. The number of aromatic nitrogens is 5. The molecule has 0 saturated carbocycles. The predicted molar refractivity (Wildman–Crippen MR) is 134 cm³/mol. The lowest BCUT2D eigenvalue weighted by Gasteiger charge is -2.37. The Labute approximate surface area is 203 Å². The third kappa shape index (κ3) is 3.41. The summed E-state index contributed by atoms with van der Waals surface area (Å²) < 4.78 is 6.21. The molecule has 2 atom stereocenters. The molecule has 9 heteroatoms. The van der Waals surface area contributed by atoms with Crippen LogP contribution < -0.4 is 20.3 Å². The summed E-state index contributed by atoms with van der Waals surface area (Å²) in [7, 11) is 0. The lowest BCUT2D eigenvalue weighted by Crippen LogP contribution is -2.45. The Balaban J connectivity index is 1.25. The molecule has 7 rings (SSSR count). The molecule has 4 aromatic rings. The second kappa shape index (κ2) is 8.20. The number of ether oxygens (including phenoxy) is 1. The van der Waals surface area contributed by atoms with Crippen LogP contribution >= 0.6 is 0 Å². The van der Waals surface area contributed by atoms with E-state index in [1.807, 2.05) is 12.3 Å². The van der Waals surface area contributed by atoms with Gasteiger partial charge in [-0.1, -0.05) is 24.3 Å². The SMILES string of the molecule is N[C@H]1C[C@@H]2COc3nc4c(N5CCCc6ncccc65)n[nH]c4nc3N2CCCc2ccccc21. The molecule has 0 spiro atoms. The van der Waals surface area contributed by atoms with Gasteiger partial charge < -0.3 is 20.3 Å². The summed E-state index contributed by atoms with van der Waals surface area (Å²) >= 11 is 0. The zero-order valence-electron chi connectivity index (χ0n) is 19.5. The first kappa shape index (κ1) is 20.6. The van der Waals surface area contributed by atoms with E-state index in [4.69, 9.17) is 20.4 Å². The smallest absolute Gasteiger partial charge is 0.258 e. The normalized spacial score (nSPS) is 21.6. The van der Waals surface area contributed by atoms with Crippen molar-refractivity contribution in [1.29, 1.82) is 0 Å². The second-order valence-corrected chi connectivity index (χ2v) is 9.62. The van der Waals surface area contributed by atoms with Gasteiger partial charge in [0.25, 0.3) is 5.88 Å². The standard InChI is InChI=1S/C26H28N8O/c27-19-14-17-15-35-26-25(33(17)12-4-7-16-6-1-2-8-18(16)19)30-23-22(29-26)24(32-31-23)34-13-5-9-20-21(34)10-3-11-28-20/h1-3,6,8,10-11,17,19H,4-5,7,9,12-15,27H2,(H,30,31,32)/t17-,19+/m1/s1. The van der Waals surface area contributed by atoms with Gasteiger partial charge >= 0.3 is 0 Å². The van der Waals surface area contributed by atoms with E-state index >= 15 is 0 Å². The number of fused-ring (bicyclic) bond motifs is 6. The van der Waals surface area contributed by atoms with Gasteiger partial charge in [-0.2, -0.15) is 5.10 Å².